The molecule has 0 unspecified atom stereocenters. The fraction of sp³-hybridized carbons (Fsp3) is 0.312. The molecule has 24 heavy (non-hydrogen) atoms. The van der Waals surface area contributed by atoms with E-state index in [0.717, 1.165) is 5.39 Å². The monoisotopic (exact) mass is 329 g/mol. The number of halogens is 1. The molecule has 0 bridgehead atoms. The number of rotatable bonds is 2. The Kier molecular flexibility index (Phi) is 3.26. The molecule has 0 saturated carbocycles. The molecule has 1 atom stereocenters. The summed E-state index contributed by atoms with van der Waals surface area (Å²) in [6.07, 6.45) is 0.941. The largest absolute Gasteiger partial charge is 0.494 e. The van der Waals surface area contributed by atoms with Gasteiger partial charge >= 0.3 is 0 Å². The van der Waals surface area contributed by atoms with Gasteiger partial charge in [0, 0.05) is 18.1 Å². The Balaban J connectivity index is 1.87. The van der Waals surface area contributed by atoms with Crippen molar-refractivity contribution in [1.82, 2.24) is 19.3 Å². The van der Waals surface area contributed by atoms with Gasteiger partial charge in [-0.15, -0.1) is 0 Å². The van der Waals surface area contributed by atoms with Gasteiger partial charge in [-0.25, -0.2) is 14.4 Å². The molecule has 8 heteroatoms. The quantitative estimate of drug-likeness (QED) is 0.773. The highest BCUT2D eigenvalue weighted by Crippen LogP contribution is 2.28. The van der Waals surface area contributed by atoms with Gasteiger partial charge in [0.05, 0.1) is 13.7 Å². The van der Waals surface area contributed by atoms with E-state index in [9.17, 15) is 9.18 Å². The number of anilines is 1. The Morgan fingerprint density at radius 3 is 2.96 bits per heavy atom. The van der Waals surface area contributed by atoms with Gasteiger partial charge in [-0.3, -0.25) is 9.20 Å². The number of nitrogens with zero attached hydrogens (tertiary/aromatic N) is 4. The molecule has 0 spiro atoms. The fourth-order valence-corrected chi connectivity index (χ4v) is 3.06. The van der Waals surface area contributed by atoms with E-state index >= 15 is 0 Å². The van der Waals surface area contributed by atoms with Crippen LogP contribution in [-0.2, 0) is 0 Å². The van der Waals surface area contributed by atoms with Crippen molar-refractivity contribution in [3.63, 3.8) is 0 Å². The van der Waals surface area contributed by atoms with Gasteiger partial charge in [0.15, 0.2) is 0 Å². The van der Waals surface area contributed by atoms with Crippen molar-refractivity contribution in [2.45, 2.75) is 12.6 Å². The molecule has 0 aliphatic carbocycles. The summed E-state index contributed by atoms with van der Waals surface area (Å²) in [5.74, 6) is 0.491. The lowest BCUT2D eigenvalue weighted by atomic mass is 10.2. The second kappa shape index (κ2) is 5.33. The summed E-state index contributed by atoms with van der Waals surface area (Å²) >= 11 is 0. The van der Waals surface area contributed by atoms with Gasteiger partial charge in [-0.1, -0.05) is 6.07 Å². The van der Waals surface area contributed by atoms with Crippen molar-refractivity contribution in [1.29, 1.82) is 0 Å². The zero-order valence-electron chi connectivity index (χ0n) is 13.1. The number of alkyl halides is 1. The first-order valence-corrected chi connectivity index (χ1v) is 7.63. The standard InChI is InChI=1S/C16H16FN5O2/c1-24-12-4-2-3-10-13(12)20-16(18)22-8-11(19-14(10)22)15(23)21-6-5-9(17)7-21/h2-4,8-9H,5-7H2,1H3,(H2,18,20)/t9-/m0/s1. The number of hydrogen-bond acceptors (Lipinski definition) is 5. The molecule has 1 aromatic carbocycles. The maximum atomic E-state index is 13.3. The van der Waals surface area contributed by atoms with E-state index in [4.69, 9.17) is 10.5 Å². The normalized spacial score (nSPS) is 17.8. The lowest BCUT2D eigenvalue weighted by molar-refractivity contribution is 0.0778. The van der Waals surface area contributed by atoms with Gasteiger partial charge in [0.1, 0.15) is 28.8 Å². The van der Waals surface area contributed by atoms with Crippen molar-refractivity contribution in [3.8, 4) is 5.75 Å². The summed E-state index contributed by atoms with van der Waals surface area (Å²) < 4.78 is 20.2. The first kappa shape index (κ1) is 14.7. The third-order valence-corrected chi connectivity index (χ3v) is 4.28. The van der Waals surface area contributed by atoms with Crippen molar-refractivity contribution < 1.29 is 13.9 Å². The van der Waals surface area contributed by atoms with Crippen LogP contribution in [-0.4, -0.2) is 51.5 Å². The summed E-state index contributed by atoms with van der Waals surface area (Å²) in [6, 6.07) is 5.45. The van der Waals surface area contributed by atoms with Crippen LogP contribution in [0.2, 0.25) is 0 Å². The van der Waals surface area contributed by atoms with E-state index in [1.807, 2.05) is 12.1 Å². The van der Waals surface area contributed by atoms with Gasteiger partial charge < -0.3 is 15.4 Å². The lowest BCUT2D eigenvalue weighted by Crippen LogP contribution is -2.29. The summed E-state index contributed by atoms with van der Waals surface area (Å²) in [6.45, 7) is 0.505. The molecule has 2 N–H and O–H groups in total. The Hall–Kier alpha value is -2.90. The highest BCUT2D eigenvalue weighted by molar-refractivity contribution is 5.99. The number of para-hydroxylation sites is 1. The molecule has 1 saturated heterocycles. The molecule has 3 aromatic rings. The highest BCUT2D eigenvalue weighted by atomic mass is 19.1. The molecule has 7 nitrogen and oxygen atoms in total. The average Bonchev–Trinajstić information content (AvgIpc) is 3.21. The number of carbonyl (C=O) groups excluding carboxylic acids is 1. The van der Waals surface area contributed by atoms with E-state index in [0.29, 0.717) is 29.9 Å². The molecule has 2 aromatic heterocycles. The number of hydrogen-bond donors (Lipinski definition) is 1. The van der Waals surface area contributed by atoms with Gasteiger partial charge in [0.25, 0.3) is 5.91 Å². The summed E-state index contributed by atoms with van der Waals surface area (Å²) in [7, 11) is 1.55. The summed E-state index contributed by atoms with van der Waals surface area (Å²) in [5.41, 5.74) is 7.34. The molecule has 1 fully saturated rings. The van der Waals surface area contributed by atoms with Crippen LogP contribution in [0.1, 0.15) is 16.9 Å². The van der Waals surface area contributed by atoms with Crippen molar-refractivity contribution >= 4 is 28.4 Å². The molecule has 1 aliphatic heterocycles. The number of benzene rings is 1. The van der Waals surface area contributed by atoms with Crippen molar-refractivity contribution in [3.05, 3.63) is 30.1 Å². The summed E-state index contributed by atoms with van der Waals surface area (Å²) in [5, 5.41) is 0.729. The number of imidazole rings is 1. The third-order valence-electron chi connectivity index (χ3n) is 4.28. The van der Waals surface area contributed by atoms with E-state index in [1.165, 1.54) is 4.90 Å². The van der Waals surface area contributed by atoms with E-state index in [-0.39, 0.29) is 24.1 Å². The van der Waals surface area contributed by atoms with Gasteiger partial charge in [-0.2, -0.15) is 0 Å². The molecule has 0 radical (unpaired) electrons. The predicted molar refractivity (Wildman–Crippen MR) is 86.9 cm³/mol. The van der Waals surface area contributed by atoms with E-state index in [2.05, 4.69) is 9.97 Å². The first-order chi connectivity index (χ1) is 11.6. The van der Waals surface area contributed by atoms with Crippen LogP contribution in [0.3, 0.4) is 0 Å². The van der Waals surface area contributed by atoms with Gasteiger partial charge in [0.2, 0.25) is 5.95 Å². The van der Waals surface area contributed by atoms with Crippen LogP contribution < -0.4 is 10.5 Å². The smallest absolute Gasteiger partial charge is 0.274 e. The van der Waals surface area contributed by atoms with Gasteiger partial charge in [-0.05, 0) is 18.6 Å². The zero-order valence-corrected chi connectivity index (χ0v) is 13.1. The third kappa shape index (κ3) is 2.14. The second-order valence-corrected chi connectivity index (χ2v) is 5.78. The number of carbonyl (C=O) groups is 1. The number of nitrogen functional groups attached to an aromatic ring is 1. The number of amides is 1. The molecule has 1 amide bonds. The zero-order chi connectivity index (χ0) is 16.8. The lowest BCUT2D eigenvalue weighted by Gasteiger charge is -2.12. The van der Waals surface area contributed by atoms with Crippen LogP contribution in [0.25, 0.3) is 16.6 Å². The highest BCUT2D eigenvalue weighted by Gasteiger charge is 2.28. The SMILES string of the molecule is COc1cccc2c1nc(N)n1cc(C(=O)N3CC[C@H](F)C3)nc21. The second-order valence-electron chi connectivity index (χ2n) is 5.78. The number of nitrogens with two attached hydrogens (primary N) is 1. The minimum absolute atomic E-state index is 0.106. The first-order valence-electron chi connectivity index (χ1n) is 7.63. The Morgan fingerprint density at radius 2 is 2.25 bits per heavy atom. The van der Waals surface area contributed by atoms with E-state index in [1.54, 1.807) is 23.8 Å². The maximum Gasteiger partial charge on any atom is 0.274 e. The predicted octanol–water partition coefficient (Wildman–Crippen LogP) is 1.66. The topological polar surface area (TPSA) is 85.8 Å². The minimum Gasteiger partial charge on any atom is -0.494 e. The van der Waals surface area contributed by atoms with Crippen LogP contribution in [0.15, 0.2) is 24.4 Å². The minimum atomic E-state index is -0.970. The summed E-state index contributed by atoms with van der Waals surface area (Å²) in [4.78, 5) is 22.8. The number of likely N-dealkylation sites (tertiary alicyclic amines) is 1. The van der Waals surface area contributed by atoms with Crippen LogP contribution in [0, 0.1) is 0 Å². The molecule has 1 aliphatic rings. The van der Waals surface area contributed by atoms with E-state index < -0.39 is 6.17 Å². The van der Waals surface area contributed by atoms with Crippen LogP contribution in [0.4, 0.5) is 10.3 Å². The Morgan fingerprint density at radius 1 is 1.42 bits per heavy atom. The molecule has 3 heterocycles. The number of aromatic nitrogens is 3. The van der Waals surface area contributed by atoms with Crippen LogP contribution >= 0.6 is 0 Å². The molecule has 124 valence electrons. The maximum absolute atomic E-state index is 13.3. The Bertz CT molecular complexity index is 954. The number of fused-ring (bicyclic) bond motifs is 3. The molecule has 4 rings (SSSR count). The van der Waals surface area contributed by atoms with Crippen molar-refractivity contribution in [2.24, 2.45) is 0 Å². The molecular weight excluding hydrogens is 313 g/mol. The average molecular weight is 329 g/mol. The Labute approximate surface area is 136 Å². The number of methoxy groups -OCH3 is 1. The number of ether oxygens (including phenoxy) is 1. The van der Waals surface area contributed by atoms with Crippen LogP contribution in [0.5, 0.6) is 5.75 Å². The fourth-order valence-electron chi connectivity index (χ4n) is 3.06. The molecular formula is C16H16FN5O2. The van der Waals surface area contributed by atoms with Crippen molar-refractivity contribution in [2.75, 3.05) is 25.9 Å².